The van der Waals surface area contributed by atoms with E-state index in [1.165, 1.54) is 11.1 Å². The number of benzene rings is 2. The Morgan fingerprint density at radius 3 is 1.96 bits per heavy atom. The molecule has 3 nitrogen and oxygen atoms in total. The SMILES string of the molecule is Cc1nccn1CCC(CN)(c1ccccc1)c1ccccc1. The van der Waals surface area contributed by atoms with Gasteiger partial charge < -0.3 is 10.3 Å². The van der Waals surface area contributed by atoms with Gasteiger partial charge in [-0.25, -0.2) is 4.98 Å². The Morgan fingerprint density at radius 2 is 1.52 bits per heavy atom. The molecule has 0 saturated carbocycles. The molecule has 0 spiro atoms. The maximum absolute atomic E-state index is 6.32. The Hall–Kier alpha value is -2.39. The van der Waals surface area contributed by atoms with Gasteiger partial charge in [0.1, 0.15) is 5.82 Å². The van der Waals surface area contributed by atoms with Crippen LogP contribution in [-0.4, -0.2) is 16.1 Å². The average Bonchev–Trinajstić information content (AvgIpc) is 3.03. The molecule has 0 bridgehead atoms. The first-order valence-electron chi connectivity index (χ1n) is 8.05. The number of rotatable bonds is 6. The predicted octanol–water partition coefficient (Wildman–Crippen LogP) is 3.53. The van der Waals surface area contributed by atoms with Crippen LogP contribution >= 0.6 is 0 Å². The van der Waals surface area contributed by atoms with Crippen LogP contribution in [0.4, 0.5) is 0 Å². The van der Waals surface area contributed by atoms with E-state index in [0.29, 0.717) is 6.54 Å². The van der Waals surface area contributed by atoms with Crippen molar-refractivity contribution in [2.75, 3.05) is 6.54 Å². The van der Waals surface area contributed by atoms with Gasteiger partial charge in [-0.05, 0) is 24.5 Å². The molecule has 0 atom stereocenters. The Morgan fingerprint density at radius 1 is 0.957 bits per heavy atom. The number of hydrogen-bond acceptors (Lipinski definition) is 2. The highest BCUT2D eigenvalue weighted by Crippen LogP contribution is 2.35. The zero-order chi connectivity index (χ0) is 16.1. The molecular weight excluding hydrogens is 282 g/mol. The summed E-state index contributed by atoms with van der Waals surface area (Å²) in [6.45, 7) is 3.51. The molecule has 0 unspecified atom stereocenters. The van der Waals surface area contributed by atoms with Gasteiger partial charge in [-0.15, -0.1) is 0 Å². The van der Waals surface area contributed by atoms with Crippen molar-refractivity contribution in [1.82, 2.24) is 9.55 Å². The second kappa shape index (κ2) is 6.80. The van der Waals surface area contributed by atoms with Crippen molar-refractivity contribution in [3.05, 3.63) is 90.0 Å². The van der Waals surface area contributed by atoms with Crippen LogP contribution in [0.1, 0.15) is 23.4 Å². The molecule has 2 aromatic carbocycles. The normalized spacial score (nSPS) is 11.6. The second-order valence-corrected chi connectivity index (χ2v) is 5.94. The topological polar surface area (TPSA) is 43.8 Å². The maximum atomic E-state index is 6.32. The summed E-state index contributed by atoms with van der Waals surface area (Å²) in [5.74, 6) is 1.04. The predicted molar refractivity (Wildman–Crippen MR) is 94.3 cm³/mol. The van der Waals surface area contributed by atoms with Crippen molar-refractivity contribution in [3.63, 3.8) is 0 Å². The number of hydrogen-bond donors (Lipinski definition) is 1. The Bertz CT molecular complexity index is 692. The fourth-order valence-corrected chi connectivity index (χ4v) is 3.26. The van der Waals surface area contributed by atoms with E-state index in [2.05, 4.69) is 70.2 Å². The van der Waals surface area contributed by atoms with Crippen molar-refractivity contribution in [2.24, 2.45) is 5.73 Å². The van der Waals surface area contributed by atoms with Crippen LogP contribution in [0, 0.1) is 6.92 Å². The molecule has 3 heteroatoms. The van der Waals surface area contributed by atoms with Crippen molar-refractivity contribution >= 4 is 0 Å². The molecule has 0 radical (unpaired) electrons. The molecule has 0 aliphatic carbocycles. The number of imidazole rings is 1. The fraction of sp³-hybridized carbons (Fsp3) is 0.250. The van der Waals surface area contributed by atoms with Crippen LogP contribution in [0.5, 0.6) is 0 Å². The van der Waals surface area contributed by atoms with Crippen LogP contribution in [0.2, 0.25) is 0 Å². The summed E-state index contributed by atoms with van der Waals surface area (Å²) in [6, 6.07) is 21.2. The zero-order valence-electron chi connectivity index (χ0n) is 13.5. The smallest absolute Gasteiger partial charge is 0.105 e. The molecule has 2 N–H and O–H groups in total. The van der Waals surface area contributed by atoms with Crippen LogP contribution in [0.25, 0.3) is 0 Å². The summed E-state index contributed by atoms with van der Waals surface area (Å²) in [5, 5.41) is 0. The third-order valence-corrected chi connectivity index (χ3v) is 4.70. The van der Waals surface area contributed by atoms with E-state index in [0.717, 1.165) is 18.8 Å². The minimum atomic E-state index is -0.181. The largest absolute Gasteiger partial charge is 0.335 e. The lowest BCUT2D eigenvalue weighted by atomic mass is 9.72. The van der Waals surface area contributed by atoms with E-state index < -0.39 is 0 Å². The standard InChI is InChI=1S/C20H23N3/c1-17-22-13-15-23(17)14-12-20(16-21,18-8-4-2-5-9-18)19-10-6-3-7-11-19/h2-11,13,15H,12,14,16,21H2,1H3. The molecule has 3 aromatic rings. The third-order valence-electron chi connectivity index (χ3n) is 4.70. The quantitative estimate of drug-likeness (QED) is 0.757. The average molecular weight is 305 g/mol. The van der Waals surface area contributed by atoms with Gasteiger partial charge >= 0.3 is 0 Å². The first-order chi connectivity index (χ1) is 11.3. The molecule has 0 amide bonds. The van der Waals surface area contributed by atoms with Gasteiger partial charge in [-0.3, -0.25) is 0 Å². The van der Waals surface area contributed by atoms with Crippen molar-refractivity contribution in [1.29, 1.82) is 0 Å². The van der Waals surface area contributed by atoms with Gasteiger partial charge in [-0.1, -0.05) is 60.7 Å². The van der Waals surface area contributed by atoms with Gasteiger partial charge in [0.15, 0.2) is 0 Å². The monoisotopic (exact) mass is 305 g/mol. The zero-order valence-corrected chi connectivity index (χ0v) is 13.5. The van der Waals surface area contributed by atoms with Gasteiger partial charge in [0.2, 0.25) is 0 Å². The third kappa shape index (κ3) is 3.06. The van der Waals surface area contributed by atoms with E-state index in [4.69, 9.17) is 5.73 Å². The van der Waals surface area contributed by atoms with E-state index in [1.807, 2.05) is 19.3 Å². The first kappa shape index (κ1) is 15.5. The molecule has 1 heterocycles. The summed E-state index contributed by atoms with van der Waals surface area (Å²) in [4.78, 5) is 4.32. The van der Waals surface area contributed by atoms with Crippen molar-refractivity contribution in [2.45, 2.75) is 25.3 Å². The molecule has 0 aliphatic heterocycles. The first-order valence-corrected chi connectivity index (χ1v) is 8.05. The van der Waals surface area contributed by atoms with Crippen LogP contribution < -0.4 is 5.73 Å². The second-order valence-electron chi connectivity index (χ2n) is 5.94. The van der Waals surface area contributed by atoms with Crippen LogP contribution in [0.3, 0.4) is 0 Å². The van der Waals surface area contributed by atoms with Crippen molar-refractivity contribution < 1.29 is 0 Å². The highest BCUT2D eigenvalue weighted by molar-refractivity contribution is 5.39. The number of aryl methyl sites for hydroxylation is 2. The lowest BCUT2D eigenvalue weighted by molar-refractivity contribution is 0.438. The highest BCUT2D eigenvalue weighted by atomic mass is 15.0. The van der Waals surface area contributed by atoms with E-state index in [9.17, 15) is 0 Å². The summed E-state index contributed by atoms with van der Waals surface area (Å²) in [5.41, 5.74) is 8.68. The van der Waals surface area contributed by atoms with Gasteiger partial charge in [0.25, 0.3) is 0 Å². The van der Waals surface area contributed by atoms with Gasteiger partial charge in [0, 0.05) is 30.9 Å². The molecule has 1 aromatic heterocycles. The lowest BCUT2D eigenvalue weighted by Crippen LogP contribution is -2.37. The minimum Gasteiger partial charge on any atom is -0.335 e. The Balaban J connectivity index is 2.00. The Labute approximate surface area is 137 Å². The van der Waals surface area contributed by atoms with Gasteiger partial charge in [0.05, 0.1) is 0 Å². The number of aromatic nitrogens is 2. The molecular formula is C20H23N3. The van der Waals surface area contributed by atoms with E-state index in [-0.39, 0.29) is 5.41 Å². The molecule has 0 fully saturated rings. The minimum absolute atomic E-state index is 0.181. The van der Waals surface area contributed by atoms with E-state index in [1.54, 1.807) is 0 Å². The molecule has 3 rings (SSSR count). The van der Waals surface area contributed by atoms with Crippen LogP contribution in [0.15, 0.2) is 73.1 Å². The summed E-state index contributed by atoms with van der Waals surface area (Å²) in [7, 11) is 0. The maximum Gasteiger partial charge on any atom is 0.105 e. The highest BCUT2D eigenvalue weighted by Gasteiger charge is 2.32. The number of nitrogens with two attached hydrogens (primary N) is 1. The molecule has 0 aliphatic rings. The summed E-state index contributed by atoms with van der Waals surface area (Å²) < 4.78 is 2.19. The van der Waals surface area contributed by atoms with Gasteiger partial charge in [-0.2, -0.15) is 0 Å². The van der Waals surface area contributed by atoms with Crippen molar-refractivity contribution in [3.8, 4) is 0 Å². The summed E-state index contributed by atoms with van der Waals surface area (Å²) in [6.07, 6.45) is 4.83. The molecule has 118 valence electrons. The molecule has 23 heavy (non-hydrogen) atoms. The Kier molecular flexibility index (Phi) is 4.58. The summed E-state index contributed by atoms with van der Waals surface area (Å²) >= 11 is 0. The number of nitrogens with zero attached hydrogens (tertiary/aromatic N) is 2. The lowest BCUT2D eigenvalue weighted by Gasteiger charge is -2.34. The van der Waals surface area contributed by atoms with E-state index >= 15 is 0 Å². The van der Waals surface area contributed by atoms with Crippen LogP contribution in [-0.2, 0) is 12.0 Å². The fourth-order valence-electron chi connectivity index (χ4n) is 3.26. The molecule has 0 saturated heterocycles.